The molecule has 1 N–H and O–H groups in total. The lowest BCUT2D eigenvalue weighted by atomic mass is 9.67. The van der Waals surface area contributed by atoms with Crippen LogP contribution in [0.1, 0.15) is 32.6 Å². The Hall–Kier alpha value is -0.630. The van der Waals surface area contributed by atoms with Crippen LogP contribution in [0.5, 0.6) is 0 Å². The van der Waals surface area contributed by atoms with E-state index < -0.39 is 0 Å². The van der Waals surface area contributed by atoms with Crippen LogP contribution in [0.2, 0.25) is 0 Å². The van der Waals surface area contributed by atoms with Crippen molar-refractivity contribution in [3.8, 4) is 0 Å². The summed E-state index contributed by atoms with van der Waals surface area (Å²) in [5.41, 5.74) is 0.284. The van der Waals surface area contributed by atoms with E-state index in [-0.39, 0.29) is 5.41 Å². The lowest BCUT2D eigenvalue weighted by molar-refractivity contribution is -0.123. The van der Waals surface area contributed by atoms with Crippen molar-refractivity contribution in [2.24, 2.45) is 5.41 Å². The number of carbonyl (C=O) groups is 1. The topological polar surface area (TPSA) is 29.1 Å². The Morgan fingerprint density at radius 2 is 2.54 bits per heavy atom. The molecule has 0 aromatic heterocycles. The second-order valence-corrected chi connectivity index (χ2v) is 4.19. The molecule has 0 aromatic carbocycles. The van der Waals surface area contributed by atoms with Gasteiger partial charge in [0.05, 0.1) is 0 Å². The van der Waals surface area contributed by atoms with Crippen molar-refractivity contribution < 1.29 is 4.79 Å². The van der Waals surface area contributed by atoms with E-state index in [9.17, 15) is 4.79 Å². The summed E-state index contributed by atoms with van der Waals surface area (Å²) < 4.78 is 0. The Morgan fingerprint density at radius 1 is 1.69 bits per heavy atom. The molecule has 1 aliphatic carbocycles. The van der Waals surface area contributed by atoms with Gasteiger partial charge in [-0.15, -0.1) is 0 Å². The summed E-state index contributed by atoms with van der Waals surface area (Å²) in [6.45, 7) is 3.15. The molecule has 0 amide bonds. The van der Waals surface area contributed by atoms with Crippen LogP contribution in [0.4, 0.5) is 0 Å². The smallest absolute Gasteiger partial charge is 0.134 e. The van der Waals surface area contributed by atoms with Crippen molar-refractivity contribution in [1.29, 1.82) is 0 Å². The van der Waals surface area contributed by atoms with Crippen LogP contribution >= 0.6 is 0 Å². The minimum Gasteiger partial charge on any atom is -0.309 e. The fourth-order valence-electron chi connectivity index (χ4n) is 2.60. The first-order valence-corrected chi connectivity index (χ1v) is 5.19. The van der Waals surface area contributed by atoms with Crippen LogP contribution in [-0.2, 0) is 4.79 Å². The van der Waals surface area contributed by atoms with Crippen LogP contribution in [0.3, 0.4) is 0 Å². The maximum atomic E-state index is 11.3. The summed E-state index contributed by atoms with van der Waals surface area (Å²) >= 11 is 0. The summed E-state index contributed by atoms with van der Waals surface area (Å²) in [4.78, 5) is 11.3. The minimum atomic E-state index is 0.284. The molecule has 2 rings (SSSR count). The monoisotopic (exact) mass is 179 g/mol. The molecule has 1 fully saturated rings. The molecule has 0 radical (unpaired) electrons. The highest BCUT2D eigenvalue weighted by Crippen LogP contribution is 2.40. The van der Waals surface area contributed by atoms with Crippen molar-refractivity contribution >= 4 is 5.78 Å². The molecule has 2 nitrogen and oxygen atoms in total. The van der Waals surface area contributed by atoms with Crippen LogP contribution in [0, 0.1) is 5.41 Å². The summed E-state index contributed by atoms with van der Waals surface area (Å²) in [7, 11) is 0. The third kappa shape index (κ3) is 1.44. The second kappa shape index (κ2) is 3.26. The number of fused-ring (bicyclic) bond motifs is 1. The van der Waals surface area contributed by atoms with Gasteiger partial charge in [-0.2, -0.15) is 0 Å². The van der Waals surface area contributed by atoms with Gasteiger partial charge in [-0.3, -0.25) is 4.79 Å². The molecular formula is C11H17NO. The van der Waals surface area contributed by atoms with E-state index in [0.717, 1.165) is 32.2 Å². The van der Waals surface area contributed by atoms with Gasteiger partial charge in [-0.05, 0) is 12.8 Å². The van der Waals surface area contributed by atoms with E-state index in [1.165, 1.54) is 0 Å². The number of hydrogen-bond donors (Lipinski definition) is 1. The third-order valence-corrected chi connectivity index (χ3v) is 3.59. The zero-order valence-corrected chi connectivity index (χ0v) is 8.18. The first-order valence-electron chi connectivity index (χ1n) is 5.19. The molecule has 72 valence electrons. The average molecular weight is 179 g/mol. The van der Waals surface area contributed by atoms with Gasteiger partial charge in [0.15, 0.2) is 0 Å². The molecule has 13 heavy (non-hydrogen) atoms. The third-order valence-electron chi connectivity index (χ3n) is 3.59. The number of nitrogens with one attached hydrogen (secondary N) is 1. The maximum absolute atomic E-state index is 11.3. The number of carbonyl (C=O) groups excluding carboxylic acids is 1. The molecule has 2 unspecified atom stereocenters. The molecular weight excluding hydrogens is 162 g/mol. The lowest BCUT2D eigenvalue weighted by Gasteiger charge is -2.43. The fourth-order valence-corrected chi connectivity index (χ4v) is 2.60. The van der Waals surface area contributed by atoms with Crippen molar-refractivity contribution in [3.05, 3.63) is 12.2 Å². The van der Waals surface area contributed by atoms with Crippen molar-refractivity contribution in [2.75, 3.05) is 6.54 Å². The average Bonchev–Trinajstić information content (AvgIpc) is 2.18. The first-order chi connectivity index (χ1) is 6.27. The van der Waals surface area contributed by atoms with Gasteiger partial charge in [-0.1, -0.05) is 19.1 Å². The Kier molecular flexibility index (Phi) is 2.24. The molecule has 0 spiro atoms. The highest BCUT2D eigenvalue weighted by atomic mass is 16.1. The van der Waals surface area contributed by atoms with Crippen LogP contribution in [0.15, 0.2) is 12.2 Å². The fraction of sp³-hybridized carbons (Fsp3) is 0.727. The Morgan fingerprint density at radius 3 is 3.31 bits per heavy atom. The highest BCUT2D eigenvalue weighted by Gasteiger charge is 2.40. The molecule has 0 bridgehead atoms. The Balaban J connectivity index is 2.22. The van der Waals surface area contributed by atoms with Crippen LogP contribution in [0.25, 0.3) is 0 Å². The van der Waals surface area contributed by atoms with Crippen molar-refractivity contribution in [1.82, 2.24) is 5.32 Å². The van der Waals surface area contributed by atoms with E-state index in [4.69, 9.17) is 0 Å². The van der Waals surface area contributed by atoms with Gasteiger partial charge in [0.25, 0.3) is 0 Å². The zero-order valence-electron chi connectivity index (χ0n) is 8.18. The minimum absolute atomic E-state index is 0.284. The molecule has 1 heterocycles. The van der Waals surface area contributed by atoms with E-state index in [0.29, 0.717) is 11.8 Å². The van der Waals surface area contributed by atoms with E-state index in [1.807, 2.05) is 0 Å². The quantitative estimate of drug-likeness (QED) is 0.620. The standard InChI is InChI=1S/C11H17NO/c1-2-11-5-3-7-12-10(11)8-9(13)4-6-11/h3,5,10,12H,2,4,6-8H2,1H3. The van der Waals surface area contributed by atoms with Crippen molar-refractivity contribution in [3.63, 3.8) is 0 Å². The SMILES string of the molecule is CCC12C=CCNC1CC(=O)CC2. The zero-order chi connectivity index (χ0) is 9.31. The predicted octanol–water partition coefficient (Wildman–Crippen LogP) is 1.66. The van der Waals surface area contributed by atoms with Crippen molar-refractivity contribution in [2.45, 2.75) is 38.6 Å². The molecule has 2 heteroatoms. The number of rotatable bonds is 1. The summed E-state index contributed by atoms with van der Waals surface area (Å²) in [6, 6.07) is 0.406. The Bertz CT molecular complexity index is 246. The Labute approximate surface area is 79.4 Å². The molecule has 2 atom stereocenters. The highest BCUT2D eigenvalue weighted by molar-refractivity contribution is 5.80. The lowest BCUT2D eigenvalue weighted by Crippen LogP contribution is -2.50. The van der Waals surface area contributed by atoms with E-state index >= 15 is 0 Å². The van der Waals surface area contributed by atoms with Crippen LogP contribution in [-0.4, -0.2) is 18.4 Å². The van der Waals surface area contributed by atoms with Gasteiger partial charge >= 0.3 is 0 Å². The summed E-state index contributed by atoms with van der Waals surface area (Å²) in [6.07, 6.45) is 8.23. The number of Topliss-reactive ketones (excluding diaryl/α,β-unsaturated/α-hetero) is 1. The largest absolute Gasteiger partial charge is 0.309 e. The van der Waals surface area contributed by atoms with E-state index in [2.05, 4.69) is 24.4 Å². The second-order valence-electron chi connectivity index (χ2n) is 4.19. The number of hydrogen-bond acceptors (Lipinski definition) is 2. The van der Waals surface area contributed by atoms with E-state index in [1.54, 1.807) is 0 Å². The van der Waals surface area contributed by atoms with Crippen LogP contribution < -0.4 is 5.32 Å². The number of ketones is 1. The first kappa shape index (κ1) is 8.95. The molecule has 2 aliphatic rings. The van der Waals surface area contributed by atoms with Gasteiger partial charge in [0.1, 0.15) is 5.78 Å². The van der Waals surface area contributed by atoms with Gasteiger partial charge in [0.2, 0.25) is 0 Å². The van der Waals surface area contributed by atoms with Gasteiger partial charge in [-0.25, -0.2) is 0 Å². The van der Waals surface area contributed by atoms with Gasteiger partial charge < -0.3 is 5.32 Å². The molecule has 0 saturated heterocycles. The predicted molar refractivity (Wildman–Crippen MR) is 52.5 cm³/mol. The summed E-state index contributed by atoms with van der Waals surface area (Å²) in [5, 5.41) is 3.44. The molecule has 0 aromatic rings. The van der Waals surface area contributed by atoms with Gasteiger partial charge in [0, 0.05) is 30.8 Å². The molecule has 1 aliphatic heterocycles. The summed E-state index contributed by atoms with van der Waals surface area (Å²) in [5.74, 6) is 0.428. The maximum Gasteiger partial charge on any atom is 0.134 e. The molecule has 1 saturated carbocycles. The normalized spacial score (nSPS) is 38.8.